The molecule has 0 saturated heterocycles. The topological polar surface area (TPSA) is 82.3 Å². The molecule has 4 N–H and O–H groups in total. The van der Waals surface area contributed by atoms with Crippen LogP contribution < -0.4 is 21.5 Å². The van der Waals surface area contributed by atoms with Crippen molar-refractivity contribution in [1.82, 2.24) is 10.9 Å². The van der Waals surface area contributed by atoms with Gasteiger partial charge in [0.1, 0.15) is 12.1 Å². The summed E-state index contributed by atoms with van der Waals surface area (Å²) in [6.07, 6.45) is 0.603. The van der Waals surface area contributed by atoms with Gasteiger partial charge in [-0.15, -0.1) is 0 Å². The van der Waals surface area contributed by atoms with Crippen LogP contribution in [-0.4, -0.2) is 22.7 Å². The van der Waals surface area contributed by atoms with Crippen molar-refractivity contribution in [2.45, 2.75) is 11.8 Å². The minimum atomic E-state index is -0.644. The van der Waals surface area contributed by atoms with Gasteiger partial charge in [0.25, 0.3) is 0 Å². The fourth-order valence-electron chi connectivity index (χ4n) is 2.13. The maximum atomic E-state index is 12.9. The summed E-state index contributed by atoms with van der Waals surface area (Å²) >= 11 is 9.40. The summed E-state index contributed by atoms with van der Waals surface area (Å²) in [6, 6.07) is 14.8. The lowest BCUT2D eigenvalue weighted by Crippen LogP contribution is -2.45. The number of nitrogens with one attached hydrogen (secondary N) is 4. The molecule has 0 aliphatic heterocycles. The smallest absolute Gasteiger partial charge is 0.239 e. The van der Waals surface area contributed by atoms with Gasteiger partial charge >= 0.3 is 0 Å². The summed E-state index contributed by atoms with van der Waals surface area (Å²) in [7, 11) is 0. The summed E-state index contributed by atoms with van der Waals surface area (Å²) in [6.45, 7) is 0. The van der Waals surface area contributed by atoms with E-state index in [0.717, 1.165) is 5.69 Å². The number of hydrazine groups is 1. The standard InChI is InChI=1S/C18H19FN4O2S2/c19-13-6-8-15(9-7-13)21-18(27)23-22-16(25)10-12(11-24)17(26)20-14-4-2-1-3-5-14/h1-9,11-12,17,20,26H,10H2,(H,22,25)(H2,21,23,27). The molecular weight excluding hydrogens is 387 g/mol. The molecule has 0 radical (unpaired) electrons. The van der Waals surface area contributed by atoms with Gasteiger partial charge in [-0.25, -0.2) is 4.39 Å². The summed E-state index contributed by atoms with van der Waals surface area (Å²) < 4.78 is 12.9. The van der Waals surface area contributed by atoms with E-state index in [4.69, 9.17) is 12.2 Å². The number of benzene rings is 2. The second-order valence-corrected chi connectivity index (χ2v) is 6.56. The van der Waals surface area contributed by atoms with E-state index in [1.807, 2.05) is 30.3 Å². The third-order valence-electron chi connectivity index (χ3n) is 3.51. The van der Waals surface area contributed by atoms with Gasteiger partial charge in [0.15, 0.2) is 5.11 Å². The lowest BCUT2D eigenvalue weighted by Gasteiger charge is -2.20. The minimum absolute atomic E-state index is 0.0797. The third kappa shape index (κ3) is 7.24. The van der Waals surface area contributed by atoms with E-state index in [-0.39, 0.29) is 17.4 Å². The Morgan fingerprint density at radius 3 is 2.37 bits per heavy atom. The first-order valence-electron chi connectivity index (χ1n) is 8.04. The number of thiol groups is 1. The SMILES string of the molecule is O=CC(CC(=O)NNC(=S)Nc1ccc(F)cc1)C(S)Nc1ccccc1. The third-order valence-corrected chi connectivity index (χ3v) is 4.22. The molecule has 0 heterocycles. The van der Waals surface area contributed by atoms with Crippen LogP contribution in [-0.2, 0) is 9.59 Å². The number of thiocarbonyl (C=S) groups is 1. The zero-order valence-corrected chi connectivity index (χ0v) is 15.9. The highest BCUT2D eigenvalue weighted by atomic mass is 32.1. The van der Waals surface area contributed by atoms with Crippen LogP contribution >= 0.6 is 24.8 Å². The molecule has 1 amide bonds. The second-order valence-electron chi connectivity index (χ2n) is 5.59. The van der Waals surface area contributed by atoms with E-state index in [1.165, 1.54) is 24.3 Å². The number of amides is 1. The van der Waals surface area contributed by atoms with Crippen molar-refractivity contribution in [1.29, 1.82) is 0 Å². The van der Waals surface area contributed by atoms with Crippen LogP contribution in [0.15, 0.2) is 54.6 Å². The number of halogens is 1. The molecule has 0 saturated carbocycles. The predicted octanol–water partition coefficient (Wildman–Crippen LogP) is 2.72. The van der Waals surface area contributed by atoms with Crippen LogP contribution in [0.3, 0.4) is 0 Å². The largest absolute Gasteiger partial charge is 0.373 e. The Morgan fingerprint density at radius 1 is 1.07 bits per heavy atom. The Balaban J connectivity index is 1.77. The molecule has 0 aliphatic carbocycles. The van der Waals surface area contributed by atoms with E-state index < -0.39 is 17.2 Å². The van der Waals surface area contributed by atoms with E-state index in [0.29, 0.717) is 12.0 Å². The highest BCUT2D eigenvalue weighted by molar-refractivity contribution is 7.81. The fourth-order valence-corrected chi connectivity index (χ4v) is 2.63. The van der Waals surface area contributed by atoms with Crippen molar-refractivity contribution in [3.8, 4) is 0 Å². The van der Waals surface area contributed by atoms with Crippen molar-refractivity contribution in [3.05, 3.63) is 60.4 Å². The summed E-state index contributed by atoms with van der Waals surface area (Å²) in [4.78, 5) is 23.4. The first kappa shape index (κ1) is 20.7. The number of carbonyl (C=O) groups excluding carboxylic acids is 2. The van der Waals surface area contributed by atoms with Crippen LogP contribution in [0, 0.1) is 11.7 Å². The maximum absolute atomic E-state index is 12.9. The van der Waals surface area contributed by atoms with Gasteiger partial charge in [-0.3, -0.25) is 15.6 Å². The molecule has 0 spiro atoms. The summed E-state index contributed by atoms with van der Waals surface area (Å²) in [5.74, 6) is -1.43. The molecular formula is C18H19FN4O2S2. The quantitative estimate of drug-likeness (QED) is 0.160. The van der Waals surface area contributed by atoms with Gasteiger partial charge in [0.2, 0.25) is 5.91 Å². The lowest BCUT2D eigenvalue weighted by atomic mass is 10.1. The van der Waals surface area contributed by atoms with E-state index in [9.17, 15) is 14.0 Å². The number of carbonyl (C=O) groups is 2. The molecule has 0 bridgehead atoms. The van der Waals surface area contributed by atoms with Crippen molar-refractivity contribution in [3.63, 3.8) is 0 Å². The number of hydrogen-bond donors (Lipinski definition) is 5. The van der Waals surface area contributed by atoms with Crippen molar-refractivity contribution in [2.75, 3.05) is 10.6 Å². The number of rotatable bonds is 7. The molecule has 6 nitrogen and oxygen atoms in total. The molecule has 142 valence electrons. The molecule has 2 unspecified atom stereocenters. The Morgan fingerprint density at radius 2 is 1.74 bits per heavy atom. The van der Waals surface area contributed by atoms with E-state index >= 15 is 0 Å². The summed E-state index contributed by atoms with van der Waals surface area (Å²) in [5.41, 5.74) is 6.30. The van der Waals surface area contributed by atoms with Crippen LogP contribution in [0.2, 0.25) is 0 Å². The number of aldehydes is 1. The molecule has 2 aromatic carbocycles. The molecule has 0 aliphatic rings. The molecule has 2 aromatic rings. The highest BCUT2D eigenvalue weighted by Gasteiger charge is 2.21. The first-order chi connectivity index (χ1) is 13.0. The van der Waals surface area contributed by atoms with Crippen LogP contribution in [0.25, 0.3) is 0 Å². The predicted molar refractivity (Wildman–Crippen MR) is 111 cm³/mol. The molecule has 9 heteroatoms. The molecule has 2 atom stereocenters. The number of para-hydroxylation sites is 1. The first-order valence-corrected chi connectivity index (χ1v) is 8.96. The number of anilines is 2. The minimum Gasteiger partial charge on any atom is -0.373 e. The van der Waals surface area contributed by atoms with Gasteiger partial charge in [-0.2, -0.15) is 12.6 Å². The molecule has 0 fully saturated rings. The maximum Gasteiger partial charge on any atom is 0.239 e. The van der Waals surface area contributed by atoms with E-state index in [2.05, 4.69) is 34.1 Å². The van der Waals surface area contributed by atoms with Gasteiger partial charge < -0.3 is 15.4 Å². The monoisotopic (exact) mass is 406 g/mol. The van der Waals surface area contributed by atoms with Crippen LogP contribution in [0.1, 0.15) is 6.42 Å². The molecule has 0 aromatic heterocycles. The van der Waals surface area contributed by atoms with Gasteiger partial charge in [0, 0.05) is 17.8 Å². The van der Waals surface area contributed by atoms with Crippen molar-refractivity contribution < 1.29 is 14.0 Å². The Kier molecular flexibility index (Phi) is 8.02. The average Bonchev–Trinajstić information content (AvgIpc) is 2.67. The number of hydrogen-bond acceptors (Lipinski definition) is 5. The summed E-state index contributed by atoms with van der Waals surface area (Å²) in [5, 5.41) is 5.45. The normalized spacial score (nSPS) is 12.4. The second kappa shape index (κ2) is 10.5. The molecule has 27 heavy (non-hydrogen) atoms. The Hall–Kier alpha value is -2.65. The van der Waals surface area contributed by atoms with Crippen LogP contribution in [0.4, 0.5) is 15.8 Å². The Bertz CT molecular complexity index is 775. The lowest BCUT2D eigenvalue weighted by molar-refractivity contribution is -0.124. The highest BCUT2D eigenvalue weighted by Crippen LogP contribution is 2.16. The molecule has 2 rings (SSSR count). The zero-order valence-electron chi connectivity index (χ0n) is 14.2. The Labute approximate surface area is 167 Å². The average molecular weight is 407 g/mol. The van der Waals surface area contributed by atoms with Crippen molar-refractivity contribution in [2.24, 2.45) is 5.92 Å². The van der Waals surface area contributed by atoms with Gasteiger partial charge in [-0.1, -0.05) is 18.2 Å². The zero-order chi connectivity index (χ0) is 19.6. The van der Waals surface area contributed by atoms with Crippen LogP contribution in [0.5, 0.6) is 0 Å². The fraction of sp³-hybridized carbons (Fsp3) is 0.167. The van der Waals surface area contributed by atoms with E-state index in [1.54, 1.807) is 0 Å². The van der Waals surface area contributed by atoms with Gasteiger partial charge in [-0.05, 0) is 48.6 Å². The van der Waals surface area contributed by atoms with Crippen molar-refractivity contribution >= 4 is 53.5 Å². The van der Waals surface area contributed by atoms with Gasteiger partial charge in [0.05, 0.1) is 11.3 Å².